The zero-order valence-corrected chi connectivity index (χ0v) is 10.7. The fourth-order valence-electron chi connectivity index (χ4n) is 1.25. The van der Waals surface area contributed by atoms with E-state index in [1.54, 1.807) is 0 Å². The summed E-state index contributed by atoms with van der Waals surface area (Å²) in [5, 5.41) is 4.95. The van der Waals surface area contributed by atoms with Gasteiger partial charge in [-0.25, -0.2) is 0 Å². The standard InChI is InChI=1S/C11H13ClN4O3/c12-8-3-6(1-2-7(8)11(14)19)16-10(18)5-15-9(17)4-13/h1-3H,4-5,13H2,(H2,14,19)(H,15,17)(H,16,18). The predicted octanol–water partition coefficient (Wildman–Crippen LogP) is -0.548. The van der Waals surface area contributed by atoms with E-state index >= 15 is 0 Å². The Morgan fingerprint density at radius 3 is 2.42 bits per heavy atom. The Labute approximate surface area is 114 Å². The van der Waals surface area contributed by atoms with Crippen molar-refractivity contribution < 1.29 is 14.4 Å². The summed E-state index contributed by atoms with van der Waals surface area (Å²) in [7, 11) is 0. The van der Waals surface area contributed by atoms with Gasteiger partial charge in [0.25, 0.3) is 0 Å². The molecule has 0 atom stereocenters. The van der Waals surface area contributed by atoms with Crippen molar-refractivity contribution in [1.29, 1.82) is 0 Å². The maximum Gasteiger partial charge on any atom is 0.250 e. The number of anilines is 1. The number of carbonyl (C=O) groups excluding carboxylic acids is 3. The fourth-order valence-corrected chi connectivity index (χ4v) is 1.52. The Bertz CT molecular complexity index is 519. The molecule has 0 aliphatic heterocycles. The molecule has 0 heterocycles. The minimum Gasteiger partial charge on any atom is -0.366 e. The molecule has 1 rings (SSSR count). The maximum atomic E-state index is 11.5. The Hall–Kier alpha value is -2.12. The molecule has 0 saturated heterocycles. The summed E-state index contributed by atoms with van der Waals surface area (Å²) in [5.74, 6) is -1.53. The second-order valence-electron chi connectivity index (χ2n) is 3.59. The molecule has 0 aliphatic carbocycles. The number of hydrogen-bond donors (Lipinski definition) is 4. The van der Waals surface area contributed by atoms with Crippen molar-refractivity contribution in [2.75, 3.05) is 18.4 Å². The Morgan fingerprint density at radius 1 is 1.21 bits per heavy atom. The van der Waals surface area contributed by atoms with Gasteiger partial charge in [0, 0.05) is 5.69 Å². The van der Waals surface area contributed by atoms with E-state index in [0.29, 0.717) is 5.69 Å². The first-order valence-corrected chi connectivity index (χ1v) is 5.67. The number of halogens is 1. The third-order valence-corrected chi connectivity index (χ3v) is 2.46. The monoisotopic (exact) mass is 284 g/mol. The highest BCUT2D eigenvalue weighted by Gasteiger charge is 2.09. The van der Waals surface area contributed by atoms with Gasteiger partial charge < -0.3 is 22.1 Å². The van der Waals surface area contributed by atoms with Gasteiger partial charge in [-0.05, 0) is 18.2 Å². The van der Waals surface area contributed by atoms with Crippen LogP contribution >= 0.6 is 11.6 Å². The first-order valence-electron chi connectivity index (χ1n) is 5.30. The van der Waals surface area contributed by atoms with Gasteiger partial charge >= 0.3 is 0 Å². The summed E-state index contributed by atoms with van der Waals surface area (Å²) >= 11 is 5.82. The van der Waals surface area contributed by atoms with Crippen LogP contribution in [-0.4, -0.2) is 30.8 Å². The van der Waals surface area contributed by atoms with Gasteiger partial charge in [-0.1, -0.05) is 11.6 Å². The van der Waals surface area contributed by atoms with Crippen LogP contribution in [-0.2, 0) is 9.59 Å². The number of nitrogens with one attached hydrogen (secondary N) is 2. The summed E-state index contributed by atoms with van der Waals surface area (Å²) in [6.07, 6.45) is 0. The molecule has 1 aromatic carbocycles. The highest BCUT2D eigenvalue weighted by molar-refractivity contribution is 6.34. The first kappa shape index (κ1) is 14.9. The molecular weight excluding hydrogens is 272 g/mol. The Morgan fingerprint density at radius 2 is 1.89 bits per heavy atom. The van der Waals surface area contributed by atoms with E-state index < -0.39 is 17.7 Å². The van der Waals surface area contributed by atoms with Crippen LogP contribution < -0.4 is 22.1 Å². The zero-order chi connectivity index (χ0) is 14.4. The van der Waals surface area contributed by atoms with Crippen LogP contribution in [0.3, 0.4) is 0 Å². The van der Waals surface area contributed by atoms with Crippen molar-refractivity contribution in [2.45, 2.75) is 0 Å². The highest BCUT2D eigenvalue weighted by atomic mass is 35.5. The third kappa shape index (κ3) is 4.57. The van der Waals surface area contributed by atoms with Crippen molar-refractivity contribution in [2.24, 2.45) is 11.5 Å². The van der Waals surface area contributed by atoms with Crippen molar-refractivity contribution in [1.82, 2.24) is 5.32 Å². The van der Waals surface area contributed by atoms with Gasteiger partial charge in [0.15, 0.2) is 0 Å². The van der Waals surface area contributed by atoms with Crippen molar-refractivity contribution in [3.05, 3.63) is 28.8 Å². The molecule has 6 N–H and O–H groups in total. The van der Waals surface area contributed by atoms with Crippen molar-refractivity contribution in [3.8, 4) is 0 Å². The fraction of sp³-hybridized carbons (Fsp3) is 0.182. The Kier molecular flexibility index (Phi) is 5.28. The lowest BCUT2D eigenvalue weighted by Crippen LogP contribution is -2.36. The van der Waals surface area contributed by atoms with Crippen molar-refractivity contribution in [3.63, 3.8) is 0 Å². The van der Waals surface area contributed by atoms with Gasteiger partial charge in [-0.2, -0.15) is 0 Å². The van der Waals surface area contributed by atoms with Crippen LogP contribution in [0.15, 0.2) is 18.2 Å². The van der Waals surface area contributed by atoms with Crippen LogP contribution in [0.1, 0.15) is 10.4 Å². The average Bonchev–Trinajstić information content (AvgIpc) is 2.35. The normalized spacial score (nSPS) is 9.79. The van der Waals surface area contributed by atoms with E-state index in [0.717, 1.165) is 0 Å². The second kappa shape index (κ2) is 6.72. The molecule has 0 bridgehead atoms. The summed E-state index contributed by atoms with van der Waals surface area (Å²) in [4.78, 5) is 33.3. The number of nitrogens with two attached hydrogens (primary N) is 2. The minimum atomic E-state index is -0.655. The van der Waals surface area contributed by atoms with E-state index in [9.17, 15) is 14.4 Å². The number of rotatable bonds is 5. The van der Waals surface area contributed by atoms with Gasteiger partial charge in [-0.3, -0.25) is 14.4 Å². The molecular formula is C11H13ClN4O3. The molecule has 1 aromatic rings. The van der Waals surface area contributed by atoms with E-state index in [-0.39, 0.29) is 23.7 Å². The number of amides is 3. The van der Waals surface area contributed by atoms with E-state index in [1.807, 2.05) is 0 Å². The van der Waals surface area contributed by atoms with Crippen LogP contribution in [0.4, 0.5) is 5.69 Å². The maximum absolute atomic E-state index is 11.5. The smallest absolute Gasteiger partial charge is 0.250 e. The van der Waals surface area contributed by atoms with Crippen LogP contribution in [0.5, 0.6) is 0 Å². The second-order valence-corrected chi connectivity index (χ2v) is 4.00. The van der Waals surface area contributed by atoms with Crippen LogP contribution in [0.2, 0.25) is 5.02 Å². The summed E-state index contributed by atoms with van der Waals surface area (Å²) < 4.78 is 0. The summed E-state index contributed by atoms with van der Waals surface area (Å²) in [6, 6.07) is 4.28. The van der Waals surface area contributed by atoms with Crippen molar-refractivity contribution >= 4 is 35.0 Å². The zero-order valence-electron chi connectivity index (χ0n) is 9.90. The van der Waals surface area contributed by atoms with Crippen LogP contribution in [0.25, 0.3) is 0 Å². The molecule has 3 amide bonds. The molecule has 8 heteroatoms. The van der Waals surface area contributed by atoms with E-state index in [2.05, 4.69) is 10.6 Å². The number of benzene rings is 1. The lowest BCUT2D eigenvalue weighted by Gasteiger charge is -2.07. The molecule has 0 aromatic heterocycles. The lowest BCUT2D eigenvalue weighted by molar-refractivity contribution is -0.123. The molecule has 19 heavy (non-hydrogen) atoms. The van der Waals surface area contributed by atoms with Crippen LogP contribution in [0, 0.1) is 0 Å². The van der Waals surface area contributed by atoms with E-state index in [1.165, 1.54) is 18.2 Å². The van der Waals surface area contributed by atoms with Gasteiger partial charge in [0.1, 0.15) is 0 Å². The highest BCUT2D eigenvalue weighted by Crippen LogP contribution is 2.20. The molecule has 0 radical (unpaired) electrons. The number of primary amides is 1. The Balaban J connectivity index is 2.63. The largest absolute Gasteiger partial charge is 0.366 e. The average molecular weight is 285 g/mol. The van der Waals surface area contributed by atoms with Gasteiger partial charge in [0.2, 0.25) is 17.7 Å². The number of carbonyl (C=O) groups is 3. The molecule has 0 spiro atoms. The SMILES string of the molecule is NCC(=O)NCC(=O)Nc1ccc(C(N)=O)c(Cl)c1. The lowest BCUT2D eigenvalue weighted by atomic mass is 10.2. The van der Waals surface area contributed by atoms with E-state index in [4.69, 9.17) is 23.1 Å². The predicted molar refractivity (Wildman–Crippen MR) is 70.7 cm³/mol. The van der Waals surface area contributed by atoms with Gasteiger partial charge in [0.05, 0.1) is 23.7 Å². The first-order chi connectivity index (χ1) is 8.93. The molecule has 102 valence electrons. The molecule has 0 aliphatic rings. The topological polar surface area (TPSA) is 127 Å². The quantitative estimate of drug-likeness (QED) is 0.578. The molecule has 0 saturated carbocycles. The molecule has 7 nitrogen and oxygen atoms in total. The van der Waals surface area contributed by atoms with Gasteiger partial charge in [-0.15, -0.1) is 0 Å². The third-order valence-electron chi connectivity index (χ3n) is 2.15. The minimum absolute atomic E-state index is 0.135. The molecule has 0 fully saturated rings. The molecule has 0 unspecified atom stereocenters. The summed E-state index contributed by atoms with van der Waals surface area (Å²) in [5.41, 5.74) is 10.7. The summed E-state index contributed by atoms with van der Waals surface area (Å²) in [6.45, 7) is -0.391. The number of hydrogen-bond acceptors (Lipinski definition) is 4.